The van der Waals surface area contributed by atoms with E-state index in [1.54, 1.807) is 0 Å². The molecule has 0 heterocycles. The normalized spacial score (nSPS) is 11.3. The van der Waals surface area contributed by atoms with E-state index in [2.05, 4.69) is 4.74 Å². The first-order chi connectivity index (χ1) is 5.95. The average Bonchev–Trinajstić information content (AvgIpc) is 1.94. The van der Waals surface area contributed by atoms with Crippen LogP contribution in [0.2, 0.25) is 0 Å². The van der Waals surface area contributed by atoms with Gasteiger partial charge in [0.15, 0.2) is 0 Å². The Morgan fingerprint density at radius 3 is 2.38 bits per heavy atom. The number of hydrogen-bond donors (Lipinski definition) is 3. The van der Waals surface area contributed by atoms with Gasteiger partial charge in [-0.1, -0.05) is 0 Å². The van der Waals surface area contributed by atoms with Crippen LogP contribution < -0.4 is 0 Å². The number of carbonyl (C=O) groups is 1. The monoisotopic (exact) mass is 212 g/mol. The van der Waals surface area contributed by atoms with Crippen LogP contribution in [-0.4, -0.2) is 40.2 Å². The van der Waals surface area contributed by atoms with Crippen molar-refractivity contribution in [3.05, 3.63) is 0 Å². The topological polar surface area (TPSA) is 104 Å². The third-order valence-electron chi connectivity index (χ3n) is 1.15. The van der Waals surface area contributed by atoms with Crippen molar-refractivity contribution in [1.29, 1.82) is 0 Å². The first kappa shape index (κ1) is 12.6. The fourth-order valence-corrected chi connectivity index (χ4v) is 1.04. The van der Waals surface area contributed by atoms with Gasteiger partial charge < -0.3 is 19.6 Å². The van der Waals surface area contributed by atoms with E-state index < -0.39 is 19.7 Å². The molecule has 13 heavy (non-hydrogen) atoms. The standard InChI is InChI=1S/C6H13O6P/c7-3-1-2-4-12-6(8)5-13(9,10)11/h7H,1-5H2,(H2,9,10,11). The Labute approximate surface area is 75.7 Å². The third-order valence-corrected chi connectivity index (χ3v) is 1.82. The maximum Gasteiger partial charge on any atom is 0.336 e. The van der Waals surface area contributed by atoms with Gasteiger partial charge in [-0.25, -0.2) is 0 Å². The molecule has 0 aromatic heterocycles. The molecule has 0 bridgehead atoms. The number of carbonyl (C=O) groups excluding carboxylic acids is 1. The van der Waals surface area contributed by atoms with Crippen LogP contribution in [0.5, 0.6) is 0 Å². The lowest BCUT2D eigenvalue weighted by atomic mass is 10.3. The van der Waals surface area contributed by atoms with E-state index in [4.69, 9.17) is 14.9 Å². The van der Waals surface area contributed by atoms with E-state index >= 15 is 0 Å². The second-order valence-corrected chi connectivity index (χ2v) is 4.12. The Morgan fingerprint density at radius 2 is 1.92 bits per heavy atom. The van der Waals surface area contributed by atoms with Gasteiger partial charge in [-0.15, -0.1) is 0 Å². The Kier molecular flexibility index (Phi) is 5.90. The van der Waals surface area contributed by atoms with E-state index in [9.17, 15) is 9.36 Å². The van der Waals surface area contributed by atoms with Gasteiger partial charge in [0.2, 0.25) is 0 Å². The molecule has 0 spiro atoms. The summed E-state index contributed by atoms with van der Waals surface area (Å²) >= 11 is 0. The lowest BCUT2D eigenvalue weighted by molar-refractivity contribution is -0.140. The van der Waals surface area contributed by atoms with E-state index in [1.165, 1.54) is 0 Å². The van der Waals surface area contributed by atoms with E-state index in [0.29, 0.717) is 12.8 Å². The van der Waals surface area contributed by atoms with Gasteiger partial charge >= 0.3 is 13.6 Å². The molecule has 0 aliphatic heterocycles. The number of aliphatic hydroxyl groups is 1. The van der Waals surface area contributed by atoms with Crippen LogP contribution in [0.3, 0.4) is 0 Å². The first-order valence-corrected chi connectivity index (χ1v) is 5.56. The highest BCUT2D eigenvalue weighted by atomic mass is 31.2. The minimum Gasteiger partial charge on any atom is -0.465 e. The lowest BCUT2D eigenvalue weighted by Crippen LogP contribution is -2.11. The summed E-state index contributed by atoms with van der Waals surface area (Å²) in [6.45, 7) is 0.0927. The maximum absolute atomic E-state index is 10.6. The molecule has 0 amide bonds. The molecule has 0 atom stereocenters. The Balaban J connectivity index is 3.47. The smallest absolute Gasteiger partial charge is 0.336 e. The third kappa shape index (κ3) is 9.49. The summed E-state index contributed by atoms with van der Waals surface area (Å²) in [4.78, 5) is 27.4. The molecular formula is C6H13O6P. The Hall–Kier alpha value is -0.420. The van der Waals surface area contributed by atoms with Crippen molar-refractivity contribution in [3.8, 4) is 0 Å². The number of esters is 1. The molecule has 0 radical (unpaired) electrons. The van der Waals surface area contributed by atoms with Gasteiger partial charge in [0.1, 0.15) is 6.16 Å². The van der Waals surface area contributed by atoms with Crippen LogP contribution in [0.25, 0.3) is 0 Å². The minimum absolute atomic E-state index is 0.00996. The van der Waals surface area contributed by atoms with Gasteiger partial charge in [0.05, 0.1) is 6.61 Å². The van der Waals surface area contributed by atoms with Crippen LogP contribution >= 0.6 is 7.60 Å². The molecule has 0 aliphatic carbocycles. The van der Waals surface area contributed by atoms with E-state index in [1.807, 2.05) is 0 Å². The summed E-state index contributed by atoms with van der Waals surface area (Å²) in [7, 11) is -4.30. The summed E-state index contributed by atoms with van der Waals surface area (Å²) in [5, 5.41) is 8.35. The van der Waals surface area contributed by atoms with Crippen molar-refractivity contribution >= 4 is 13.6 Å². The molecular weight excluding hydrogens is 199 g/mol. The number of rotatable bonds is 6. The average molecular weight is 212 g/mol. The molecule has 3 N–H and O–H groups in total. The van der Waals surface area contributed by atoms with Crippen molar-refractivity contribution < 1.29 is 29.0 Å². The van der Waals surface area contributed by atoms with Gasteiger partial charge in [-0.05, 0) is 12.8 Å². The van der Waals surface area contributed by atoms with Crippen molar-refractivity contribution in [2.45, 2.75) is 12.8 Å². The second kappa shape index (κ2) is 6.10. The van der Waals surface area contributed by atoms with Crippen molar-refractivity contribution in [3.63, 3.8) is 0 Å². The highest BCUT2D eigenvalue weighted by Crippen LogP contribution is 2.33. The number of unbranched alkanes of at least 4 members (excludes halogenated alkanes) is 1. The zero-order chi connectivity index (χ0) is 10.3. The van der Waals surface area contributed by atoms with Crippen LogP contribution in [0.1, 0.15) is 12.8 Å². The first-order valence-electron chi connectivity index (χ1n) is 3.77. The Morgan fingerprint density at radius 1 is 1.31 bits per heavy atom. The summed E-state index contributed by atoms with van der Waals surface area (Å²) < 4.78 is 14.8. The van der Waals surface area contributed by atoms with Gasteiger partial charge in [0, 0.05) is 6.61 Å². The highest BCUT2D eigenvalue weighted by molar-refractivity contribution is 7.52. The van der Waals surface area contributed by atoms with Gasteiger partial charge in [-0.3, -0.25) is 9.36 Å². The van der Waals surface area contributed by atoms with Crippen LogP contribution in [-0.2, 0) is 14.1 Å². The molecule has 0 aromatic carbocycles. The molecule has 78 valence electrons. The van der Waals surface area contributed by atoms with Gasteiger partial charge in [0.25, 0.3) is 0 Å². The summed E-state index contributed by atoms with van der Waals surface area (Å²) in [6, 6.07) is 0. The SMILES string of the molecule is O=C(CP(=O)(O)O)OCCCCO. The zero-order valence-electron chi connectivity index (χ0n) is 7.05. The molecule has 0 fully saturated rings. The van der Waals surface area contributed by atoms with Crippen LogP contribution in [0.4, 0.5) is 0 Å². The predicted molar refractivity (Wildman–Crippen MR) is 44.2 cm³/mol. The predicted octanol–water partition coefficient (Wildman–Crippen LogP) is -0.520. The molecule has 0 rings (SSSR count). The van der Waals surface area contributed by atoms with E-state index in [0.717, 1.165) is 0 Å². The van der Waals surface area contributed by atoms with Crippen molar-refractivity contribution in [1.82, 2.24) is 0 Å². The quantitative estimate of drug-likeness (QED) is 0.311. The molecule has 7 heteroatoms. The zero-order valence-corrected chi connectivity index (χ0v) is 7.94. The fraction of sp³-hybridized carbons (Fsp3) is 0.833. The number of aliphatic hydroxyl groups excluding tert-OH is 1. The minimum atomic E-state index is -4.30. The summed E-state index contributed by atoms with van der Waals surface area (Å²) in [5.41, 5.74) is 0. The second-order valence-electron chi connectivity index (χ2n) is 2.47. The molecule has 0 aromatic rings. The van der Waals surface area contributed by atoms with Crippen molar-refractivity contribution in [2.24, 2.45) is 0 Å². The summed E-state index contributed by atoms with van der Waals surface area (Å²) in [5.74, 6) is -0.911. The van der Waals surface area contributed by atoms with Gasteiger partial charge in [-0.2, -0.15) is 0 Å². The van der Waals surface area contributed by atoms with E-state index in [-0.39, 0.29) is 13.2 Å². The number of hydrogen-bond acceptors (Lipinski definition) is 4. The molecule has 0 saturated heterocycles. The lowest BCUT2D eigenvalue weighted by Gasteiger charge is -2.04. The largest absolute Gasteiger partial charge is 0.465 e. The van der Waals surface area contributed by atoms with Crippen LogP contribution in [0, 0.1) is 0 Å². The molecule has 0 saturated carbocycles. The molecule has 0 unspecified atom stereocenters. The maximum atomic E-state index is 10.6. The fourth-order valence-electron chi connectivity index (χ4n) is 0.614. The van der Waals surface area contributed by atoms with Crippen molar-refractivity contribution in [2.75, 3.05) is 19.4 Å². The summed E-state index contributed by atoms with van der Waals surface area (Å²) in [6.07, 6.45) is 0.110. The molecule has 0 aliphatic rings. The highest BCUT2D eigenvalue weighted by Gasteiger charge is 2.19. The van der Waals surface area contributed by atoms with Crippen LogP contribution in [0.15, 0.2) is 0 Å². The number of ether oxygens (including phenoxy) is 1. The molecule has 6 nitrogen and oxygen atoms in total. The Bertz CT molecular complexity index is 197.